The Bertz CT molecular complexity index is 593. The molecule has 1 amide bonds. The second-order valence-electron chi connectivity index (χ2n) is 4.96. The predicted molar refractivity (Wildman–Crippen MR) is 95.4 cm³/mol. The summed E-state index contributed by atoms with van der Waals surface area (Å²) < 4.78 is 1.24. The minimum atomic E-state index is 0.0305. The van der Waals surface area contributed by atoms with Crippen LogP contribution in [0.2, 0.25) is 0 Å². The molecule has 1 unspecified atom stereocenters. The Morgan fingerprint density at radius 3 is 2.29 bits per heavy atom. The van der Waals surface area contributed by atoms with Crippen molar-refractivity contribution in [2.45, 2.75) is 19.4 Å². The van der Waals surface area contributed by atoms with Crippen molar-refractivity contribution >= 4 is 34.2 Å². The number of hydrogen-bond acceptors (Lipinski definition) is 2. The van der Waals surface area contributed by atoms with Gasteiger partial charge in [-0.15, -0.1) is 0 Å². The summed E-state index contributed by atoms with van der Waals surface area (Å²) in [6.07, 6.45) is 0.420. The first-order chi connectivity index (χ1) is 10.1. The molecule has 0 saturated heterocycles. The first-order valence-corrected chi connectivity index (χ1v) is 7.98. The van der Waals surface area contributed by atoms with Crippen LogP contribution in [0.25, 0.3) is 0 Å². The first-order valence-electron chi connectivity index (χ1n) is 6.90. The average Bonchev–Trinajstić information content (AvgIpc) is 2.49. The largest absolute Gasteiger partial charge is 0.379 e. The SMILES string of the molecule is CNC(=O)Cc1ccc(NC(C)c2ccc(I)cc2)cc1. The summed E-state index contributed by atoms with van der Waals surface area (Å²) in [5.74, 6) is 0.0305. The molecule has 2 aromatic carbocycles. The molecule has 0 aliphatic rings. The van der Waals surface area contributed by atoms with Crippen LogP contribution in [-0.2, 0) is 11.2 Å². The van der Waals surface area contributed by atoms with Crippen LogP contribution in [-0.4, -0.2) is 13.0 Å². The van der Waals surface area contributed by atoms with E-state index >= 15 is 0 Å². The van der Waals surface area contributed by atoms with Crippen molar-refractivity contribution in [1.82, 2.24) is 5.32 Å². The predicted octanol–water partition coefficient (Wildman–Crippen LogP) is 3.75. The van der Waals surface area contributed by atoms with Crippen LogP contribution in [0, 0.1) is 3.57 Å². The van der Waals surface area contributed by atoms with Gasteiger partial charge in [0.05, 0.1) is 6.42 Å². The molecule has 4 heteroatoms. The molecule has 21 heavy (non-hydrogen) atoms. The number of hydrogen-bond donors (Lipinski definition) is 2. The lowest BCUT2D eigenvalue weighted by atomic mass is 10.1. The summed E-state index contributed by atoms with van der Waals surface area (Å²) in [6, 6.07) is 16.7. The van der Waals surface area contributed by atoms with Crippen molar-refractivity contribution in [3.8, 4) is 0 Å². The van der Waals surface area contributed by atoms with Gasteiger partial charge in [0.25, 0.3) is 0 Å². The molecular weight excluding hydrogens is 375 g/mol. The standard InChI is InChI=1S/C17H19IN2O/c1-12(14-5-7-15(18)8-6-14)20-16-9-3-13(4-10-16)11-17(21)19-2/h3-10,12,20H,11H2,1-2H3,(H,19,21). The summed E-state index contributed by atoms with van der Waals surface area (Å²) in [6.45, 7) is 2.14. The van der Waals surface area contributed by atoms with Gasteiger partial charge < -0.3 is 10.6 Å². The van der Waals surface area contributed by atoms with E-state index in [0.29, 0.717) is 6.42 Å². The normalized spacial score (nSPS) is 11.8. The Hall–Kier alpha value is -1.56. The molecule has 3 nitrogen and oxygen atoms in total. The zero-order chi connectivity index (χ0) is 15.2. The van der Waals surface area contributed by atoms with Gasteiger partial charge in [-0.2, -0.15) is 0 Å². The molecule has 0 spiro atoms. The van der Waals surface area contributed by atoms with Gasteiger partial charge >= 0.3 is 0 Å². The fraction of sp³-hybridized carbons (Fsp3) is 0.235. The van der Waals surface area contributed by atoms with E-state index in [1.165, 1.54) is 9.13 Å². The van der Waals surface area contributed by atoms with Crippen LogP contribution >= 0.6 is 22.6 Å². The molecule has 0 radical (unpaired) electrons. The molecule has 0 saturated carbocycles. The molecule has 2 rings (SSSR count). The van der Waals surface area contributed by atoms with E-state index in [-0.39, 0.29) is 11.9 Å². The van der Waals surface area contributed by atoms with Crippen molar-refractivity contribution in [3.05, 3.63) is 63.2 Å². The summed E-state index contributed by atoms with van der Waals surface area (Å²) in [5.41, 5.74) is 3.33. The number of carbonyl (C=O) groups is 1. The summed E-state index contributed by atoms with van der Waals surface area (Å²) in [4.78, 5) is 11.3. The summed E-state index contributed by atoms with van der Waals surface area (Å²) in [7, 11) is 1.65. The molecule has 0 fully saturated rings. The first kappa shape index (κ1) is 15.8. The topological polar surface area (TPSA) is 41.1 Å². The monoisotopic (exact) mass is 394 g/mol. The Balaban J connectivity index is 1.99. The maximum Gasteiger partial charge on any atom is 0.224 e. The zero-order valence-corrected chi connectivity index (χ0v) is 14.3. The van der Waals surface area contributed by atoms with Gasteiger partial charge in [0.2, 0.25) is 5.91 Å². The highest BCUT2D eigenvalue weighted by molar-refractivity contribution is 14.1. The third-order valence-electron chi connectivity index (χ3n) is 3.35. The molecular formula is C17H19IN2O. The van der Waals surface area contributed by atoms with Gasteiger partial charge in [0, 0.05) is 22.3 Å². The zero-order valence-electron chi connectivity index (χ0n) is 12.2. The van der Waals surface area contributed by atoms with E-state index in [2.05, 4.69) is 64.4 Å². The second kappa shape index (κ2) is 7.45. The smallest absolute Gasteiger partial charge is 0.224 e. The lowest BCUT2D eigenvalue weighted by Gasteiger charge is -2.16. The Morgan fingerprint density at radius 2 is 1.71 bits per heavy atom. The third kappa shape index (κ3) is 4.74. The van der Waals surface area contributed by atoms with Crippen LogP contribution in [0.3, 0.4) is 0 Å². The van der Waals surface area contributed by atoms with Crippen molar-refractivity contribution in [2.75, 3.05) is 12.4 Å². The molecule has 0 aliphatic heterocycles. The number of carbonyl (C=O) groups excluding carboxylic acids is 1. The molecule has 0 aliphatic carbocycles. The second-order valence-corrected chi connectivity index (χ2v) is 6.21. The van der Waals surface area contributed by atoms with E-state index in [1.807, 2.05) is 24.3 Å². The van der Waals surface area contributed by atoms with Crippen LogP contribution in [0.5, 0.6) is 0 Å². The van der Waals surface area contributed by atoms with Gasteiger partial charge in [-0.3, -0.25) is 4.79 Å². The number of benzene rings is 2. The number of amides is 1. The van der Waals surface area contributed by atoms with Gasteiger partial charge in [0.1, 0.15) is 0 Å². The van der Waals surface area contributed by atoms with Gasteiger partial charge in [-0.05, 0) is 64.9 Å². The van der Waals surface area contributed by atoms with E-state index in [4.69, 9.17) is 0 Å². The highest BCUT2D eigenvalue weighted by atomic mass is 127. The minimum absolute atomic E-state index is 0.0305. The number of anilines is 1. The maximum absolute atomic E-state index is 11.3. The lowest BCUT2D eigenvalue weighted by Crippen LogP contribution is -2.19. The molecule has 2 N–H and O–H groups in total. The van der Waals surface area contributed by atoms with Crippen LogP contribution in [0.1, 0.15) is 24.1 Å². The lowest BCUT2D eigenvalue weighted by molar-refractivity contribution is -0.119. The van der Waals surface area contributed by atoms with Crippen molar-refractivity contribution in [2.24, 2.45) is 0 Å². The van der Waals surface area contributed by atoms with Crippen LogP contribution in [0.15, 0.2) is 48.5 Å². The van der Waals surface area contributed by atoms with Crippen molar-refractivity contribution in [1.29, 1.82) is 0 Å². The fourth-order valence-electron chi connectivity index (χ4n) is 2.08. The van der Waals surface area contributed by atoms with Gasteiger partial charge in [0.15, 0.2) is 0 Å². The maximum atomic E-state index is 11.3. The third-order valence-corrected chi connectivity index (χ3v) is 4.07. The number of rotatable bonds is 5. The van der Waals surface area contributed by atoms with Crippen molar-refractivity contribution < 1.29 is 4.79 Å². The Labute approximate surface area is 139 Å². The quantitative estimate of drug-likeness (QED) is 0.759. The molecule has 0 aromatic heterocycles. The van der Waals surface area contributed by atoms with E-state index in [1.54, 1.807) is 7.05 Å². The van der Waals surface area contributed by atoms with Crippen LogP contribution < -0.4 is 10.6 Å². The van der Waals surface area contributed by atoms with E-state index < -0.39 is 0 Å². The Morgan fingerprint density at radius 1 is 1.10 bits per heavy atom. The number of halogens is 1. The number of likely N-dealkylation sites (N-methyl/N-ethyl adjacent to an activating group) is 1. The van der Waals surface area contributed by atoms with Gasteiger partial charge in [-0.25, -0.2) is 0 Å². The summed E-state index contributed by atoms with van der Waals surface area (Å²) in [5, 5.41) is 6.10. The molecule has 0 heterocycles. The highest BCUT2D eigenvalue weighted by Gasteiger charge is 2.06. The minimum Gasteiger partial charge on any atom is -0.379 e. The average molecular weight is 394 g/mol. The van der Waals surface area contributed by atoms with E-state index in [9.17, 15) is 4.79 Å². The molecule has 0 bridgehead atoms. The molecule has 1 atom stereocenters. The highest BCUT2D eigenvalue weighted by Crippen LogP contribution is 2.20. The fourth-order valence-corrected chi connectivity index (χ4v) is 2.44. The van der Waals surface area contributed by atoms with Crippen molar-refractivity contribution in [3.63, 3.8) is 0 Å². The molecule has 110 valence electrons. The van der Waals surface area contributed by atoms with Gasteiger partial charge in [-0.1, -0.05) is 24.3 Å². The molecule has 2 aromatic rings. The van der Waals surface area contributed by atoms with Crippen LogP contribution in [0.4, 0.5) is 5.69 Å². The Kier molecular flexibility index (Phi) is 5.61. The van der Waals surface area contributed by atoms with E-state index in [0.717, 1.165) is 11.3 Å². The summed E-state index contributed by atoms with van der Waals surface area (Å²) >= 11 is 2.31. The number of nitrogens with one attached hydrogen (secondary N) is 2.